The van der Waals surface area contributed by atoms with E-state index in [-0.39, 0.29) is 11.6 Å². The second kappa shape index (κ2) is 4.69. The number of hydrogen-bond donors (Lipinski definition) is 1. The van der Waals surface area contributed by atoms with Crippen molar-refractivity contribution in [3.05, 3.63) is 28.0 Å². The Morgan fingerprint density at radius 2 is 2.28 bits per heavy atom. The highest BCUT2D eigenvalue weighted by atomic mass is 32.2. The zero-order valence-electron chi connectivity index (χ0n) is 8.94. The molecule has 18 heavy (non-hydrogen) atoms. The Kier molecular flexibility index (Phi) is 3.24. The molecule has 1 amide bonds. The molecule has 1 aliphatic rings. The number of rotatable bonds is 3. The smallest absolute Gasteiger partial charge is 0.433 e. The van der Waals surface area contributed by atoms with E-state index in [0.717, 1.165) is 11.0 Å². The van der Waals surface area contributed by atoms with Gasteiger partial charge in [-0.15, -0.1) is 11.8 Å². The first-order valence-corrected chi connectivity index (χ1v) is 6.02. The van der Waals surface area contributed by atoms with Gasteiger partial charge in [0.05, 0.1) is 11.9 Å². The first-order chi connectivity index (χ1) is 8.50. The van der Waals surface area contributed by atoms with Crippen LogP contribution in [-0.4, -0.2) is 44.5 Å². The summed E-state index contributed by atoms with van der Waals surface area (Å²) in [4.78, 5) is 33.6. The third-order valence-electron chi connectivity index (χ3n) is 2.41. The number of nitrogens with zero attached hydrogens (tertiary/aromatic N) is 2. The highest BCUT2D eigenvalue weighted by molar-refractivity contribution is 7.99. The Labute approximate surface area is 105 Å². The van der Waals surface area contributed by atoms with E-state index in [0.29, 0.717) is 5.75 Å². The van der Waals surface area contributed by atoms with Crippen molar-refractivity contribution in [1.82, 2.24) is 4.90 Å². The maximum Gasteiger partial charge on any atom is 0.433 e. The lowest BCUT2D eigenvalue weighted by Crippen LogP contribution is -2.41. The minimum absolute atomic E-state index is 0.226. The molecule has 1 saturated heterocycles. The van der Waals surface area contributed by atoms with Gasteiger partial charge in [-0.25, -0.2) is 4.79 Å². The molecule has 1 N–H and O–H groups in total. The summed E-state index contributed by atoms with van der Waals surface area (Å²) in [6.45, 7) is 0. The van der Waals surface area contributed by atoms with Crippen LogP contribution in [0.25, 0.3) is 0 Å². The highest BCUT2D eigenvalue weighted by Gasteiger charge is 2.36. The average Bonchev–Trinajstić information content (AvgIpc) is 2.97. The molecule has 2 rings (SSSR count). The first-order valence-electron chi connectivity index (χ1n) is 4.86. The molecular formula is C9H8N2O6S. The number of carboxylic acids is 1. The second-order valence-electron chi connectivity index (χ2n) is 3.52. The van der Waals surface area contributed by atoms with E-state index in [9.17, 15) is 19.7 Å². The number of carbonyl (C=O) groups excluding carboxylic acids is 1. The molecule has 2 heterocycles. The zero-order chi connectivity index (χ0) is 13.3. The van der Waals surface area contributed by atoms with Gasteiger partial charge in [-0.2, -0.15) is 0 Å². The largest absolute Gasteiger partial charge is 0.480 e. The lowest BCUT2D eigenvalue weighted by molar-refractivity contribution is -0.402. The van der Waals surface area contributed by atoms with E-state index in [2.05, 4.69) is 0 Å². The molecule has 1 aromatic heterocycles. The van der Waals surface area contributed by atoms with Crippen LogP contribution in [0, 0.1) is 10.1 Å². The number of aliphatic carboxylic acids is 1. The Morgan fingerprint density at radius 1 is 1.56 bits per heavy atom. The van der Waals surface area contributed by atoms with Crippen molar-refractivity contribution < 1.29 is 24.0 Å². The quantitative estimate of drug-likeness (QED) is 0.638. The summed E-state index contributed by atoms with van der Waals surface area (Å²) in [5, 5.41) is 19.3. The normalized spacial score (nSPS) is 18.9. The van der Waals surface area contributed by atoms with Gasteiger partial charge < -0.3 is 14.4 Å². The standard InChI is InChI=1S/C9H8N2O6S/c12-8(6-1-2-7(17-6)11(15)16)10-4-18-3-5(10)9(13)14/h1-2,5H,3-4H2,(H,13,14). The molecule has 9 heteroatoms. The van der Waals surface area contributed by atoms with Crippen molar-refractivity contribution in [2.75, 3.05) is 11.6 Å². The summed E-state index contributed by atoms with van der Waals surface area (Å²) in [5.41, 5.74) is 0. The maximum absolute atomic E-state index is 11.9. The minimum atomic E-state index is -1.10. The van der Waals surface area contributed by atoms with Gasteiger partial charge in [-0.3, -0.25) is 14.9 Å². The molecule has 1 aliphatic heterocycles. The van der Waals surface area contributed by atoms with Crippen molar-refractivity contribution in [3.8, 4) is 0 Å². The fraction of sp³-hybridized carbons (Fsp3) is 0.333. The maximum atomic E-state index is 11.9. The lowest BCUT2D eigenvalue weighted by Gasteiger charge is -2.18. The Bertz CT molecular complexity index is 513. The van der Waals surface area contributed by atoms with Crippen LogP contribution < -0.4 is 0 Å². The number of nitro groups is 1. The molecule has 0 aromatic carbocycles. The molecule has 0 saturated carbocycles. The van der Waals surface area contributed by atoms with Crippen molar-refractivity contribution >= 4 is 29.5 Å². The number of amides is 1. The summed E-state index contributed by atoms with van der Waals surface area (Å²) in [7, 11) is 0. The number of carbonyl (C=O) groups is 2. The molecule has 0 aliphatic carbocycles. The molecule has 0 radical (unpaired) electrons. The Hall–Kier alpha value is -2.03. The Morgan fingerprint density at radius 3 is 2.83 bits per heavy atom. The molecule has 0 spiro atoms. The predicted octanol–water partition coefficient (Wildman–Crippen LogP) is 0.787. The molecular weight excluding hydrogens is 264 g/mol. The minimum Gasteiger partial charge on any atom is -0.480 e. The fourth-order valence-electron chi connectivity index (χ4n) is 1.53. The summed E-state index contributed by atoms with van der Waals surface area (Å²) in [5.74, 6) is -2.00. The zero-order valence-corrected chi connectivity index (χ0v) is 9.75. The molecule has 8 nitrogen and oxygen atoms in total. The van der Waals surface area contributed by atoms with Crippen LogP contribution in [0.2, 0.25) is 0 Å². The average molecular weight is 272 g/mol. The Balaban J connectivity index is 2.20. The van der Waals surface area contributed by atoms with E-state index in [4.69, 9.17) is 9.52 Å². The SMILES string of the molecule is O=C(O)C1CSCN1C(=O)c1ccc([N+](=O)[O-])o1. The first kappa shape index (κ1) is 12.4. The van der Waals surface area contributed by atoms with Crippen molar-refractivity contribution in [3.63, 3.8) is 0 Å². The van der Waals surface area contributed by atoms with Gasteiger partial charge >= 0.3 is 11.9 Å². The van der Waals surface area contributed by atoms with Gasteiger partial charge in [0.15, 0.2) is 5.76 Å². The van der Waals surface area contributed by atoms with Gasteiger partial charge in [-0.05, 0) is 6.07 Å². The monoisotopic (exact) mass is 272 g/mol. The second-order valence-corrected chi connectivity index (χ2v) is 4.52. The molecule has 96 valence electrons. The fourth-order valence-corrected chi connectivity index (χ4v) is 2.67. The van der Waals surface area contributed by atoms with Gasteiger partial charge in [0.25, 0.3) is 5.91 Å². The van der Waals surface area contributed by atoms with Crippen LogP contribution >= 0.6 is 11.8 Å². The van der Waals surface area contributed by atoms with Gasteiger partial charge in [0.2, 0.25) is 0 Å². The van der Waals surface area contributed by atoms with Crippen molar-refractivity contribution in [1.29, 1.82) is 0 Å². The summed E-state index contributed by atoms with van der Waals surface area (Å²) in [6.07, 6.45) is 0. The van der Waals surface area contributed by atoms with Crippen LogP contribution in [-0.2, 0) is 4.79 Å². The lowest BCUT2D eigenvalue weighted by atomic mass is 10.3. The number of carboxylic acid groups (broad SMARTS) is 1. The number of thioether (sulfide) groups is 1. The number of furan rings is 1. The van der Waals surface area contributed by atoms with Crippen molar-refractivity contribution in [2.24, 2.45) is 0 Å². The van der Waals surface area contributed by atoms with E-state index >= 15 is 0 Å². The molecule has 1 unspecified atom stereocenters. The van der Waals surface area contributed by atoms with Crippen LogP contribution in [0.15, 0.2) is 16.5 Å². The highest BCUT2D eigenvalue weighted by Crippen LogP contribution is 2.25. The van der Waals surface area contributed by atoms with Gasteiger partial charge in [0, 0.05) is 5.75 Å². The summed E-state index contributed by atoms with van der Waals surface area (Å²) >= 11 is 1.30. The van der Waals surface area contributed by atoms with Crippen LogP contribution in [0.5, 0.6) is 0 Å². The van der Waals surface area contributed by atoms with E-state index in [1.54, 1.807) is 0 Å². The number of hydrogen-bond acceptors (Lipinski definition) is 6. The summed E-state index contributed by atoms with van der Waals surface area (Å²) in [6, 6.07) is 1.31. The third kappa shape index (κ3) is 2.16. The van der Waals surface area contributed by atoms with Gasteiger partial charge in [0.1, 0.15) is 11.0 Å². The van der Waals surface area contributed by atoms with Crippen LogP contribution in [0.3, 0.4) is 0 Å². The molecule has 1 fully saturated rings. The molecule has 1 aromatic rings. The van der Waals surface area contributed by atoms with Crippen LogP contribution in [0.4, 0.5) is 5.88 Å². The van der Waals surface area contributed by atoms with E-state index in [1.807, 2.05) is 0 Å². The van der Waals surface area contributed by atoms with Crippen LogP contribution in [0.1, 0.15) is 10.6 Å². The summed E-state index contributed by atoms with van der Waals surface area (Å²) < 4.78 is 4.75. The van der Waals surface area contributed by atoms with Gasteiger partial charge in [-0.1, -0.05) is 0 Å². The van der Waals surface area contributed by atoms with Crippen molar-refractivity contribution in [2.45, 2.75) is 6.04 Å². The third-order valence-corrected chi connectivity index (χ3v) is 3.42. The van der Waals surface area contributed by atoms with E-state index in [1.165, 1.54) is 17.8 Å². The molecule has 0 bridgehead atoms. The molecule has 1 atom stereocenters. The topological polar surface area (TPSA) is 114 Å². The van der Waals surface area contributed by atoms with E-state index < -0.39 is 28.7 Å². The predicted molar refractivity (Wildman–Crippen MR) is 60.3 cm³/mol.